The Morgan fingerprint density at radius 1 is 1.17 bits per heavy atom. The van der Waals surface area contributed by atoms with E-state index in [1.54, 1.807) is 42.5 Å². The van der Waals surface area contributed by atoms with Crippen molar-refractivity contribution in [1.29, 1.82) is 0 Å². The first kappa shape index (κ1) is 20.8. The summed E-state index contributed by atoms with van der Waals surface area (Å²) in [6, 6.07) is 12.5. The molecule has 0 fully saturated rings. The van der Waals surface area contributed by atoms with Gasteiger partial charge in [-0.1, -0.05) is 17.7 Å². The molecule has 0 bridgehead atoms. The molecule has 2 aromatic heterocycles. The number of nitrogens with one attached hydrogen (secondary N) is 2. The number of amides is 1. The van der Waals surface area contributed by atoms with Crippen LogP contribution in [0.3, 0.4) is 0 Å². The number of nitrogens with zero attached hydrogens (tertiary/aromatic N) is 1. The van der Waals surface area contributed by atoms with Crippen molar-refractivity contribution in [3.8, 4) is 11.6 Å². The number of carbonyl (C=O) groups is 1. The number of pyridine rings is 1. The lowest BCUT2D eigenvalue weighted by Crippen LogP contribution is -2.23. The molecule has 0 unspecified atom stereocenters. The van der Waals surface area contributed by atoms with E-state index < -0.39 is 10.0 Å². The zero-order valence-corrected chi connectivity index (χ0v) is 17.4. The molecule has 0 saturated carbocycles. The molecule has 0 aliphatic rings. The van der Waals surface area contributed by atoms with Gasteiger partial charge in [-0.2, -0.15) is 0 Å². The zero-order chi connectivity index (χ0) is 20.9. The van der Waals surface area contributed by atoms with Gasteiger partial charge < -0.3 is 10.1 Å². The van der Waals surface area contributed by atoms with Crippen LogP contribution in [0.1, 0.15) is 10.4 Å². The van der Waals surface area contributed by atoms with Crippen LogP contribution in [0, 0.1) is 0 Å². The van der Waals surface area contributed by atoms with E-state index in [2.05, 4.69) is 21.6 Å². The third-order valence-electron chi connectivity index (χ3n) is 3.55. The lowest BCUT2D eigenvalue weighted by atomic mass is 10.2. The summed E-state index contributed by atoms with van der Waals surface area (Å²) in [5, 5.41) is 2.66. The molecule has 3 rings (SSSR count). The highest BCUT2D eigenvalue weighted by Gasteiger charge is 2.16. The SMILES string of the molecule is C=CCNC(=O)c1ccc(Oc2ccc(NS(=O)(=O)c3ccc(Cl)s3)cc2)nc1. The molecule has 29 heavy (non-hydrogen) atoms. The van der Waals surface area contributed by atoms with E-state index in [1.165, 1.54) is 18.3 Å². The maximum absolute atomic E-state index is 12.3. The van der Waals surface area contributed by atoms with E-state index in [9.17, 15) is 13.2 Å². The molecule has 1 aromatic carbocycles. The molecule has 0 spiro atoms. The molecule has 0 aliphatic carbocycles. The average Bonchev–Trinajstić information content (AvgIpc) is 3.15. The Morgan fingerprint density at radius 2 is 1.93 bits per heavy atom. The van der Waals surface area contributed by atoms with E-state index in [1.807, 2.05) is 0 Å². The Bertz CT molecular complexity index is 1110. The minimum Gasteiger partial charge on any atom is -0.439 e. The molecule has 0 saturated heterocycles. The average molecular weight is 450 g/mol. The molecular formula is C19H16ClN3O4S2. The Labute approximate surface area is 177 Å². The number of halogens is 1. The second kappa shape index (κ2) is 9.08. The Kier molecular flexibility index (Phi) is 6.53. The minimum atomic E-state index is -3.70. The number of carbonyl (C=O) groups excluding carboxylic acids is 1. The highest BCUT2D eigenvalue weighted by Crippen LogP contribution is 2.28. The van der Waals surface area contributed by atoms with Gasteiger partial charge in [-0.05, 0) is 42.5 Å². The van der Waals surface area contributed by atoms with Gasteiger partial charge in [0.15, 0.2) is 0 Å². The highest BCUT2D eigenvalue weighted by molar-refractivity contribution is 7.94. The van der Waals surface area contributed by atoms with Crippen molar-refractivity contribution in [3.63, 3.8) is 0 Å². The van der Waals surface area contributed by atoms with E-state index >= 15 is 0 Å². The van der Waals surface area contributed by atoms with Crippen LogP contribution in [0.5, 0.6) is 11.6 Å². The topological polar surface area (TPSA) is 97.4 Å². The Morgan fingerprint density at radius 3 is 2.52 bits per heavy atom. The number of anilines is 1. The standard InChI is InChI=1S/C19H16ClN3O4S2/c1-2-11-21-19(24)13-3-9-17(22-12-13)27-15-6-4-14(5-7-15)23-29(25,26)18-10-8-16(20)28-18/h2-10,12,23H,1,11H2,(H,21,24). The van der Waals surface area contributed by atoms with Crippen LogP contribution in [0.15, 0.2) is 71.6 Å². The summed E-state index contributed by atoms with van der Waals surface area (Å²) in [6.07, 6.45) is 2.99. The second-order valence-corrected chi connectivity index (χ2v) is 9.30. The van der Waals surface area contributed by atoms with E-state index in [0.29, 0.717) is 33.8 Å². The van der Waals surface area contributed by atoms with Gasteiger partial charge in [0.25, 0.3) is 15.9 Å². The van der Waals surface area contributed by atoms with Gasteiger partial charge in [0.05, 0.1) is 9.90 Å². The van der Waals surface area contributed by atoms with E-state index in [-0.39, 0.29) is 10.1 Å². The quantitative estimate of drug-likeness (QED) is 0.499. The van der Waals surface area contributed by atoms with E-state index in [4.69, 9.17) is 16.3 Å². The number of aromatic nitrogens is 1. The number of ether oxygens (including phenoxy) is 1. The summed E-state index contributed by atoms with van der Waals surface area (Å²) < 4.78 is 33.2. The maximum Gasteiger partial charge on any atom is 0.271 e. The molecule has 10 heteroatoms. The predicted octanol–water partition coefficient (Wildman–Crippen LogP) is 4.31. The number of hydrogen-bond acceptors (Lipinski definition) is 6. The van der Waals surface area contributed by atoms with Gasteiger partial charge in [0.1, 0.15) is 9.96 Å². The summed E-state index contributed by atoms with van der Waals surface area (Å²) in [5.41, 5.74) is 0.779. The van der Waals surface area contributed by atoms with Gasteiger partial charge in [-0.25, -0.2) is 13.4 Å². The Hall–Kier alpha value is -2.88. The van der Waals surface area contributed by atoms with Gasteiger partial charge in [0.2, 0.25) is 5.88 Å². The van der Waals surface area contributed by atoms with Crippen molar-refractivity contribution in [2.45, 2.75) is 4.21 Å². The lowest BCUT2D eigenvalue weighted by Gasteiger charge is -2.08. The normalized spacial score (nSPS) is 10.9. The molecule has 2 heterocycles. The van der Waals surface area contributed by atoms with Crippen molar-refractivity contribution in [2.24, 2.45) is 0 Å². The lowest BCUT2D eigenvalue weighted by molar-refractivity contribution is 0.0957. The molecule has 3 aromatic rings. The third kappa shape index (κ3) is 5.57. The fraction of sp³-hybridized carbons (Fsp3) is 0.0526. The van der Waals surface area contributed by atoms with Gasteiger partial charge in [-0.3, -0.25) is 9.52 Å². The monoisotopic (exact) mass is 449 g/mol. The molecule has 0 atom stereocenters. The first-order chi connectivity index (χ1) is 13.9. The molecule has 7 nitrogen and oxygen atoms in total. The van der Waals surface area contributed by atoms with Crippen LogP contribution < -0.4 is 14.8 Å². The molecule has 0 radical (unpaired) electrons. The van der Waals surface area contributed by atoms with Crippen molar-refractivity contribution >= 4 is 44.6 Å². The van der Waals surface area contributed by atoms with Crippen LogP contribution in [0.25, 0.3) is 0 Å². The van der Waals surface area contributed by atoms with Crippen LogP contribution in [-0.2, 0) is 10.0 Å². The van der Waals surface area contributed by atoms with Crippen molar-refractivity contribution in [2.75, 3.05) is 11.3 Å². The zero-order valence-electron chi connectivity index (χ0n) is 15.0. The molecule has 0 aliphatic heterocycles. The van der Waals surface area contributed by atoms with Crippen molar-refractivity contribution < 1.29 is 17.9 Å². The van der Waals surface area contributed by atoms with E-state index in [0.717, 1.165) is 11.3 Å². The number of sulfonamides is 1. The Balaban J connectivity index is 1.63. The second-order valence-electron chi connectivity index (χ2n) is 5.67. The van der Waals surface area contributed by atoms with Gasteiger partial charge >= 0.3 is 0 Å². The fourth-order valence-electron chi connectivity index (χ4n) is 2.20. The summed E-state index contributed by atoms with van der Waals surface area (Å²) in [5.74, 6) is 0.503. The molecule has 2 N–H and O–H groups in total. The number of rotatable bonds is 8. The maximum atomic E-state index is 12.3. The van der Waals surface area contributed by atoms with Crippen molar-refractivity contribution in [3.05, 3.63) is 77.3 Å². The highest BCUT2D eigenvalue weighted by atomic mass is 35.5. The van der Waals surface area contributed by atoms with Crippen LogP contribution in [0.2, 0.25) is 4.34 Å². The summed E-state index contributed by atoms with van der Waals surface area (Å²) in [7, 11) is -3.70. The first-order valence-corrected chi connectivity index (χ1v) is 11.0. The van der Waals surface area contributed by atoms with Gasteiger partial charge in [0, 0.05) is 24.5 Å². The fourth-order valence-corrected chi connectivity index (χ4v) is 4.74. The third-order valence-corrected chi connectivity index (χ3v) is 6.65. The minimum absolute atomic E-state index is 0.129. The predicted molar refractivity (Wildman–Crippen MR) is 113 cm³/mol. The van der Waals surface area contributed by atoms with Gasteiger partial charge in [-0.15, -0.1) is 17.9 Å². The van der Waals surface area contributed by atoms with Crippen molar-refractivity contribution in [1.82, 2.24) is 10.3 Å². The summed E-state index contributed by atoms with van der Waals surface area (Å²) >= 11 is 6.77. The first-order valence-electron chi connectivity index (χ1n) is 8.28. The van der Waals surface area contributed by atoms with Crippen LogP contribution in [-0.4, -0.2) is 25.9 Å². The molecule has 1 amide bonds. The molecular weight excluding hydrogens is 434 g/mol. The number of benzene rings is 1. The number of thiophene rings is 1. The molecule has 150 valence electrons. The van der Waals surface area contributed by atoms with Crippen LogP contribution >= 0.6 is 22.9 Å². The largest absolute Gasteiger partial charge is 0.439 e. The summed E-state index contributed by atoms with van der Waals surface area (Å²) in [6.45, 7) is 3.90. The number of hydrogen-bond donors (Lipinski definition) is 2. The van der Waals surface area contributed by atoms with Crippen LogP contribution in [0.4, 0.5) is 5.69 Å². The summed E-state index contributed by atoms with van der Waals surface area (Å²) in [4.78, 5) is 15.9. The smallest absolute Gasteiger partial charge is 0.271 e.